The Hall–Kier alpha value is -1.92. The molecule has 1 aromatic rings. The topological polar surface area (TPSA) is 79.5 Å². The summed E-state index contributed by atoms with van der Waals surface area (Å²) in [6.07, 6.45) is 0.636. The molecule has 6 nitrogen and oxygen atoms in total. The molecule has 0 saturated carbocycles. The van der Waals surface area contributed by atoms with Gasteiger partial charge in [-0.2, -0.15) is 0 Å². The van der Waals surface area contributed by atoms with Gasteiger partial charge in [-0.15, -0.1) is 0 Å². The Labute approximate surface area is 110 Å². The zero-order valence-electron chi connectivity index (χ0n) is 10.3. The molecule has 100 valence electrons. The Morgan fingerprint density at radius 2 is 2.11 bits per heavy atom. The highest BCUT2D eigenvalue weighted by Gasteiger charge is 2.31. The van der Waals surface area contributed by atoms with Gasteiger partial charge in [0.2, 0.25) is 5.91 Å². The average molecular weight is 261 g/mol. The van der Waals surface area contributed by atoms with E-state index in [9.17, 15) is 9.59 Å². The molecule has 3 N–H and O–H groups in total. The highest BCUT2D eigenvalue weighted by molar-refractivity contribution is 5.90. The van der Waals surface area contributed by atoms with E-state index in [-0.39, 0.29) is 24.5 Å². The first-order valence-electron chi connectivity index (χ1n) is 6.26. The molecule has 2 atom stereocenters. The van der Waals surface area contributed by atoms with Crippen molar-refractivity contribution in [3.05, 3.63) is 35.4 Å². The van der Waals surface area contributed by atoms with Crippen LogP contribution in [0.25, 0.3) is 0 Å². The highest BCUT2D eigenvalue weighted by atomic mass is 16.7. The SMILES string of the molecule is O=C(N[C@@H]1CONC1=O)[C@H]1Cc2ccccc2CN1. The van der Waals surface area contributed by atoms with Crippen molar-refractivity contribution in [3.63, 3.8) is 0 Å². The molecule has 1 aromatic carbocycles. The number of hydrogen-bond donors (Lipinski definition) is 3. The summed E-state index contributed by atoms with van der Waals surface area (Å²) in [4.78, 5) is 28.2. The summed E-state index contributed by atoms with van der Waals surface area (Å²) in [5.74, 6) is -0.468. The van der Waals surface area contributed by atoms with Crippen molar-refractivity contribution in [2.75, 3.05) is 6.61 Å². The first kappa shape index (κ1) is 12.1. The number of carbonyl (C=O) groups excluding carboxylic acids is 2. The number of amides is 2. The van der Waals surface area contributed by atoms with E-state index >= 15 is 0 Å². The van der Waals surface area contributed by atoms with Crippen LogP contribution in [0.4, 0.5) is 0 Å². The summed E-state index contributed by atoms with van der Waals surface area (Å²) in [6.45, 7) is 0.843. The number of nitrogens with one attached hydrogen (secondary N) is 3. The molecule has 0 bridgehead atoms. The van der Waals surface area contributed by atoms with Crippen LogP contribution in [0.3, 0.4) is 0 Å². The van der Waals surface area contributed by atoms with E-state index < -0.39 is 6.04 Å². The first-order chi connectivity index (χ1) is 9.24. The smallest absolute Gasteiger partial charge is 0.268 e. The van der Waals surface area contributed by atoms with Crippen LogP contribution >= 0.6 is 0 Å². The van der Waals surface area contributed by atoms with Crippen LogP contribution in [0, 0.1) is 0 Å². The van der Waals surface area contributed by atoms with Crippen molar-refractivity contribution in [2.45, 2.75) is 25.0 Å². The monoisotopic (exact) mass is 261 g/mol. The summed E-state index contributed by atoms with van der Waals surface area (Å²) >= 11 is 0. The third-order valence-electron chi connectivity index (χ3n) is 3.45. The number of fused-ring (bicyclic) bond motifs is 1. The zero-order valence-corrected chi connectivity index (χ0v) is 10.3. The first-order valence-corrected chi connectivity index (χ1v) is 6.26. The lowest BCUT2D eigenvalue weighted by Gasteiger charge is -2.25. The van der Waals surface area contributed by atoms with E-state index in [1.165, 1.54) is 11.1 Å². The average Bonchev–Trinajstić information content (AvgIpc) is 2.84. The summed E-state index contributed by atoms with van der Waals surface area (Å²) in [7, 11) is 0. The Morgan fingerprint density at radius 3 is 2.84 bits per heavy atom. The summed E-state index contributed by atoms with van der Waals surface area (Å²) in [5.41, 5.74) is 4.61. The Bertz CT molecular complexity index is 518. The van der Waals surface area contributed by atoms with Crippen molar-refractivity contribution in [3.8, 4) is 0 Å². The fourth-order valence-electron chi connectivity index (χ4n) is 2.36. The van der Waals surface area contributed by atoms with E-state index in [1.807, 2.05) is 18.2 Å². The van der Waals surface area contributed by atoms with Gasteiger partial charge in [0, 0.05) is 6.54 Å². The van der Waals surface area contributed by atoms with E-state index in [0.717, 1.165) is 0 Å². The third kappa shape index (κ3) is 2.45. The van der Waals surface area contributed by atoms with Gasteiger partial charge in [-0.25, -0.2) is 5.48 Å². The zero-order chi connectivity index (χ0) is 13.2. The molecular weight excluding hydrogens is 246 g/mol. The van der Waals surface area contributed by atoms with Crippen molar-refractivity contribution in [1.29, 1.82) is 0 Å². The maximum absolute atomic E-state index is 12.1. The second kappa shape index (κ2) is 4.99. The van der Waals surface area contributed by atoms with Crippen LogP contribution in [0.1, 0.15) is 11.1 Å². The predicted molar refractivity (Wildman–Crippen MR) is 66.8 cm³/mol. The van der Waals surface area contributed by atoms with Gasteiger partial charge in [-0.05, 0) is 17.5 Å². The lowest BCUT2D eigenvalue weighted by molar-refractivity contribution is -0.129. The normalized spacial score (nSPS) is 25.6. The summed E-state index contributed by atoms with van der Waals surface area (Å²) < 4.78 is 0. The van der Waals surface area contributed by atoms with Crippen LogP contribution in [-0.2, 0) is 27.4 Å². The molecule has 0 spiro atoms. The lowest BCUT2D eigenvalue weighted by atomic mass is 9.95. The fraction of sp³-hybridized carbons (Fsp3) is 0.385. The molecule has 3 rings (SSSR count). The number of benzene rings is 1. The van der Waals surface area contributed by atoms with Crippen LogP contribution in [0.2, 0.25) is 0 Å². The van der Waals surface area contributed by atoms with Gasteiger partial charge in [0.05, 0.1) is 6.04 Å². The maximum atomic E-state index is 12.1. The molecule has 0 unspecified atom stereocenters. The third-order valence-corrected chi connectivity index (χ3v) is 3.45. The Morgan fingerprint density at radius 1 is 1.32 bits per heavy atom. The van der Waals surface area contributed by atoms with Gasteiger partial charge < -0.3 is 10.6 Å². The van der Waals surface area contributed by atoms with Crippen molar-refractivity contribution in [1.82, 2.24) is 16.1 Å². The van der Waals surface area contributed by atoms with Gasteiger partial charge in [0.15, 0.2) is 0 Å². The predicted octanol–water partition coefficient (Wildman–Crippen LogP) is -0.753. The van der Waals surface area contributed by atoms with Crippen LogP contribution in [0.5, 0.6) is 0 Å². The lowest BCUT2D eigenvalue weighted by Crippen LogP contribution is -2.52. The van der Waals surface area contributed by atoms with Crippen molar-refractivity contribution < 1.29 is 14.4 Å². The Kier molecular flexibility index (Phi) is 3.18. The molecule has 19 heavy (non-hydrogen) atoms. The number of carbonyl (C=O) groups is 2. The highest BCUT2D eigenvalue weighted by Crippen LogP contribution is 2.16. The van der Waals surface area contributed by atoms with Gasteiger partial charge in [-0.1, -0.05) is 24.3 Å². The molecule has 2 heterocycles. The molecule has 2 amide bonds. The maximum Gasteiger partial charge on any atom is 0.268 e. The van der Waals surface area contributed by atoms with Gasteiger partial charge in [0.25, 0.3) is 5.91 Å². The quantitative estimate of drug-likeness (QED) is 0.654. The van der Waals surface area contributed by atoms with Crippen molar-refractivity contribution >= 4 is 11.8 Å². The molecule has 1 fully saturated rings. The molecule has 6 heteroatoms. The van der Waals surface area contributed by atoms with E-state index in [2.05, 4.69) is 22.2 Å². The van der Waals surface area contributed by atoms with E-state index in [0.29, 0.717) is 13.0 Å². The van der Waals surface area contributed by atoms with Gasteiger partial charge in [0.1, 0.15) is 12.6 Å². The number of rotatable bonds is 2. The molecule has 0 aliphatic carbocycles. The molecule has 0 radical (unpaired) electrons. The standard InChI is InChI=1S/C13H15N3O3/c17-12(15-11-7-19-16-13(11)18)10-5-8-3-1-2-4-9(8)6-14-10/h1-4,10-11,14H,5-7H2,(H,15,17)(H,16,18)/t10-,11-/m1/s1. The summed E-state index contributed by atoms with van der Waals surface area (Å²) in [5, 5.41) is 5.87. The Balaban J connectivity index is 1.64. The fourth-order valence-corrected chi connectivity index (χ4v) is 2.36. The van der Waals surface area contributed by atoms with Gasteiger partial charge in [-0.3, -0.25) is 14.4 Å². The van der Waals surface area contributed by atoms with E-state index in [1.54, 1.807) is 0 Å². The minimum atomic E-state index is -0.591. The minimum Gasteiger partial charge on any atom is -0.341 e. The molecule has 1 saturated heterocycles. The molecule has 2 aliphatic heterocycles. The van der Waals surface area contributed by atoms with Crippen LogP contribution in [0.15, 0.2) is 24.3 Å². The van der Waals surface area contributed by atoms with Crippen LogP contribution in [-0.4, -0.2) is 30.5 Å². The molecule has 2 aliphatic rings. The number of hydroxylamine groups is 1. The van der Waals surface area contributed by atoms with Gasteiger partial charge >= 0.3 is 0 Å². The second-order valence-electron chi connectivity index (χ2n) is 4.74. The van der Waals surface area contributed by atoms with Crippen LogP contribution < -0.4 is 16.1 Å². The molecule has 0 aromatic heterocycles. The van der Waals surface area contributed by atoms with Crippen molar-refractivity contribution in [2.24, 2.45) is 0 Å². The summed E-state index contributed by atoms with van der Waals surface area (Å²) in [6, 6.07) is 7.14. The minimum absolute atomic E-state index is 0.167. The second-order valence-corrected chi connectivity index (χ2v) is 4.74. The largest absolute Gasteiger partial charge is 0.341 e. The molecular formula is C13H15N3O3. The number of hydrogen-bond acceptors (Lipinski definition) is 4. The van der Waals surface area contributed by atoms with E-state index in [4.69, 9.17) is 4.84 Å².